The SMILES string of the molecule is O=C(CN1CCN(c2ccc(F)cc2)C1=O)NCCn1cncn1. The number of halogens is 1. The first kappa shape index (κ1) is 15.9. The largest absolute Gasteiger partial charge is 0.353 e. The number of hydrogen-bond acceptors (Lipinski definition) is 4. The van der Waals surface area contributed by atoms with Crippen molar-refractivity contribution in [3.05, 3.63) is 42.7 Å². The van der Waals surface area contributed by atoms with Gasteiger partial charge in [-0.25, -0.2) is 14.2 Å². The Bertz CT molecular complexity index is 703. The highest BCUT2D eigenvalue weighted by Crippen LogP contribution is 2.20. The molecule has 126 valence electrons. The molecule has 1 saturated heterocycles. The van der Waals surface area contributed by atoms with Gasteiger partial charge in [0, 0.05) is 25.3 Å². The number of nitrogens with one attached hydrogen (secondary N) is 1. The van der Waals surface area contributed by atoms with Gasteiger partial charge in [0.1, 0.15) is 25.0 Å². The summed E-state index contributed by atoms with van der Waals surface area (Å²) >= 11 is 0. The molecule has 1 aliphatic rings. The van der Waals surface area contributed by atoms with Crippen LogP contribution >= 0.6 is 0 Å². The predicted molar refractivity (Wildman–Crippen MR) is 83.7 cm³/mol. The topological polar surface area (TPSA) is 83.4 Å². The number of urea groups is 1. The summed E-state index contributed by atoms with van der Waals surface area (Å²) in [5, 5.41) is 6.68. The van der Waals surface area contributed by atoms with Crippen LogP contribution in [0.15, 0.2) is 36.9 Å². The second-order valence-corrected chi connectivity index (χ2v) is 5.34. The smallest absolute Gasteiger partial charge is 0.325 e. The highest BCUT2D eigenvalue weighted by Gasteiger charge is 2.30. The average Bonchev–Trinajstić information content (AvgIpc) is 3.20. The predicted octanol–water partition coefficient (Wildman–Crippen LogP) is 0.476. The molecule has 0 spiro atoms. The summed E-state index contributed by atoms with van der Waals surface area (Å²) in [5.74, 6) is -0.585. The Morgan fingerprint density at radius 3 is 2.75 bits per heavy atom. The Balaban J connectivity index is 1.48. The van der Waals surface area contributed by atoms with Gasteiger partial charge in [0.05, 0.1) is 6.54 Å². The third kappa shape index (κ3) is 3.67. The molecule has 9 heteroatoms. The van der Waals surface area contributed by atoms with E-state index in [0.717, 1.165) is 0 Å². The van der Waals surface area contributed by atoms with Crippen LogP contribution in [0.25, 0.3) is 0 Å². The molecule has 24 heavy (non-hydrogen) atoms. The van der Waals surface area contributed by atoms with Crippen molar-refractivity contribution in [1.29, 1.82) is 0 Å². The molecule has 0 unspecified atom stereocenters. The van der Waals surface area contributed by atoms with Crippen LogP contribution < -0.4 is 10.2 Å². The first-order chi connectivity index (χ1) is 11.6. The first-order valence-electron chi connectivity index (χ1n) is 7.54. The molecule has 8 nitrogen and oxygen atoms in total. The van der Waals surface area contributed by atoms with Crippen molar-refractivity contribution in [3.63, 3.8) is 0 Å². The standard InChI is InChI=1S/C15H17FN6O2/c16-12-1-3-13(4-2-12)22-8-7-20(15(22)24)9-14(23)18-5-6-21-11-17-10-19-21/h1-4,10-11H,5-9H2,(H,18,23). The first-order valence-corrected chi connectivity index (χ1v) is 7.54. The van der Waals surface area contributed by atoms with Crippen molar-refractivity contribution in [2.75, 3.05) is 31.1 Å². The van der Waals surface area contributed by atoms with Gasteiger partial charge in [-0.2, -0.15) is 5.10 Å². The number of carbonyl (C=O) groups is 2. The van der Waals surface area contributed by atoms with E-state index in [9.17, 15) is 14.0 Å². The summed E-state index contributed by atoms with van der Waals surface area (Å²) in [6, 6.07) is 5.46. The van der Waals surface area contributed by atoms with Gasteiger partial charge in [-0.1, -0.05) is 0 Å². The monoisotopic (exact) mass is 332 g/mol. The second-order valence-electron chi connectivity index (χ2n) is 5.34. The van der Waals surface area contributed by atoms with Gasteiger partial charge < -0.3 is 10.2 Å². The van der Waals surface area contributed by atoms with Crippen molar-refractivity contribution < 1.29 is 14.0 Å². The molecule has 2 heterocycles. The van der Waals surface area contributed by atoms with E-state index in [-0.39, 0.29) is 24.3 Å². The lowest BCUT2D eigenvalue weighted by Crippen LogP contribution is -2.40. The Morgan fingerprint density at radius 2 is 2.04 bits per heavy atom. The number of anilines is 1. The molecule has 0 bridgehead atoms. The zero-order valence-corrected chi connectivity index (χ0v) is 12.9. The molecule has 0 atom stereocenters. The van der Waals surface area contributed by atoms with Gasteiger partial charge in [-0.3, -0.25) is 14.4 Å². The molecule has 0 saturated carbocycles. The normalized spacial score (nSPS) is 14.3. The Kier molecular flexibility index (Phi) is 4.69. The highest BCUT2D eigenvalue weighted by atomic mass is 19.1. The van der Waals surface area contributed by atoms with Crippen LogP contribution in [0.2, 0.25) is 0 Å². The molecule has 1 N–H and O–H groups in total. The van der Waals surface area contributed by atoms with Crippen LogP contribution in [0.1, 0.15) is 0 Å². The maximum atomic E-state index is 13.0. The number of benzene rings is 1. The quantitative estimate of drug-likeness (QED) is 0.834. The molecule has 0 radical (unpaired) electrons. The maximum Gasteiger partial charge on any atom is 0.325 e. The van der Waals surface area contributed by atoms with Gasteiger partial charge >= 0.3 is 6.03 Å². The van der Waals surface area contributed by atoms with Crippen LogP contribution in [-0.4, -0.2) is 57.8 Å². The number of amides is 3. The molecular weight excluding hydrogens is 315 g/mol. The van der Waals surface area contributed by atoms with Crippen LogP contribution in [-0.2, 0) is 11.3 Å². The van der Waals surface area contributed by atoms with E-state index in [1.54, 1.807) is 23.1 Å². The minimum atomic E-state index is -0.353. The van der Waals surface area contributed by atoms with E-state index in [0.29, 0.717) is 31.9 Å². The number of nitrogens with zero attached hydrogens (tertiary/aromatic N) is 5. The summed E-state index contributed by atoms with van der Waals surface area (Å²) in [7, 11) is 0. The molecule has 1 aliphatic heterocycles. The van der Waals surface area contributed by atoms with E-state index in [4.69, 9.17) is 0 Å². The highest BCUT2D eigenvalue weighted by molar-refractivity contribution is 5.96. The van der Waals surface area contributed by atoms with Crippen LogP contribution in [0.4, 0.5) is 14.9 Å². The van der Waals surface area contributed by atoms with Gasteiger partial charge in [0.25, 0.3) is 0 Å². The third-order valence-corrected chi connectivity index (χ3v) is 3.70. The lowest BCUT2D eigenvalue weighted by Gasteiger charge is -2.18. The van der Waals surface area contributed by atoms with E-state index in [1.165, 1.54) is 28.3 Å². The van der Waals surface area contributed by atoms with E-state index >= 15 is 0 Å². The lowest BCUT2D eigenvalue weighted by molar-refractivity contribution is -0.121. The van der Waals surface area contributed by atoms with E-state index in [1.807, 2.05) is 0 Å². The molecule has 3 amide bonds. The van der Waals surface area contributed by atoms with E-state index < -0.39 is 0 Å². The van der Waals surface area contributed by atoms with Gasteiger partial charge in [-0.15, -0.1) is 0 Å². The molecule has 0 aliphatic carbocycles. The van der Waals surface area contributed by atoms with Crippen molar-refractivity contribution >= 4 is 17.6 Å². The summed E-state index contributed by atoms with van der Waals surface area (Å²) in [4.78, 5) is 31.1. The summed E-state index contributed by atoms with van der Waals surface area (Å²) in [6.07, 6.45) is 2.99. The Hall–Kier alpha value is -2.97. The maximum absolute atomic E-state index is 13.0. The number of hydrogen-bond donors (Lipinski definition) is 1. The lowest BCUT2D eigenvalue weighted by atomic mass is 10.3. The van der Waals surface area contributed by atoms with Crippen molar-refractivity contribution in [2.24, 2.45) is 0 Å². The summed E-state index contributed by atoms with van der Waals surface area (Å²) < 4.78 is 14.6. The second kappa shape index (κ2) is 7.07. The number of carbonyl (C=O) groups excluding carboxylic acids is 2. The van der Waals surface area contributed by atoms with Crippen LogP contribution in [0, 0.1) is 5.82 Å². The molecular formula is C15H17FN6O2. The molecule has 1 aromatic heterocycles. The van der Waals surface area contributed by atoms with Crippen molar-refractivity contribution in [2.45, 2.75) is 6.54 Å². The fraction of sp³-hybridized carbons (Fsp3) is 0.333. The Morgan fingerprint density at radius 1 is 1.25 bits per heavy atom. The minimum Gasteiger partial charge on any atom is -0.353 e. The summed E-state index contributed by atoms with van der Waals surface area (Å²) in [6.45, 7) is 1.84. The average molecular weight is 332 g/mol. The van der Waals surface area contributed by atoms with Gasteiger partial charge in [0.15, 0.2) is 0 Å². The van der Waals surface area contributed by atoms with Gasteiger partial charge in [-0.05, 0) is 24.3 Å². The number of aromatic nitrogens is 3. The third-order valence-electron chi connectivity index (χ3n) is 3.70. The van der Waals surface area contributed by atoms with Gasteiger partial charge in [0.2, 0.25) is 5.91 Å². The van der Waals surface area contributed by atoms with Crippen LogP contribution in [0.3, 0.4) is 0 Å². The summed E-state index contributed by atoms with van der Waals surface area (Å²) in [5.41, 5.74) is 0.621. The van der Waals surface area contributed by atoms with Crippen LogP contribution in [0.5, 0.6) is 0 Å². The number of rotatable bonds is 6. The zero-order valence-electron chi connectivity index (χ0n) is 12.9. The zero-order chi connectivity index (χ0) is 16.9. The van der Waals surface area contributed by atoms with Crippen molar-refractivity contribution in [3.8, 4) is 0 Å². The van der Waals surface area contributed by atoms with Crippen molar-refractivity contribution in [1.82, 2.24) is 25.0 Å². The molecule has 2 aromatic rings. The molecule has 3 rings (SSSR count). The minimum absolute atomic E-state index is 0.00607. The fourth-order valence-electron chi connectivity index (χ4n) is 2.48. The Labute approximate surface area is 137 Å². The fourth-order valence-corrected chi connectivity index (χ4v) is 2.48. The van der Waals surface area contributed by atoms with E-state index in [2.05, 4.69) is 15.4 Å². The molecule has 1 fully saturated rings. The molecule has 1 aromatic carbocycles.